The molecule has 0 spiro atoms. The van der Waals surface area contributed by atoms with Gasteiger partial charge >= 0.3 is 7.60 Å². The second-order valence-corrected chi connectivity index (χ2v) is 24.2. The van der Waals surface area contributed by atoms with Gasteiger partial charge in [-0.1, -0.05) is 33.6 Å². The second kappa shape index (κ2) is 44.3. The largest absolute Gasteiger partial charge is 0.497 e. The van der Waals surface area contributed by atoms with E-state index in [-0.39, 0.29) is 151 Å². The highest BCUT2D eigenvalue weighted by atomic mass is 31.2. The van der Waals surface area contributed by atoms with Crippen molar-refractivity contribution in [2.75, 3.05) is 113 Å². The van der Waals surface area contributed by atoms with Gasteiger partial charge in [-0.25, -0.2) is 0 Å². The van der Waals surface area contributed by atoms with Crippen LogP contribution in [0.2, 0.25) is 0 Å². The van der Waals surface area contributed by atoms with E-state index in [4.69, 9.17) is 32.9 Å². The Bertz CT molecular complexity index is 2410. The fourth-order valence-corrected chi connectivity index (χ4v) is 9.07. The number of carbonyl (C=O) groups is 8. The first kappa shape index (κ1) is 76.1. The normalized spacial score (nSPS) is 12.2. The number of hydrogen-bond donors (Lipinski definition) is 9. The number of rotatable bonds is 49. The predicted molar refractivity (Wildman–Crippen MR) is 336 cm³/mol. The minimum atomic E-state index is -3.59. The third-order valence-corrected chi connectivity index (χ3v) is 15.8. The Kier molecular flexibility index (Phi) is 37.9. The van der Waals surface area contributed by atoms with Crippen LogP contribution in [0.15, 0.2) is 72.8 Å². The fraction of sp³-hybridized carbons (Fsp3) is 0.587. The molecule has 89 heavy (non-hydrogen) atoms. The molecule has 496 valence electrons. The van der Waals surface area contributed by atoms with Crippen molar-refractivity contribution in [3.05, 3.63) is 89.5 Å². The highest BCUT2D eigenvalue weighted by molar-refractivity contribution is 7.53. The lowest BCUT2D eigenvalue weighted by Crippen LogP contribution is -2.58. The fourth-order valence-electron chi connectivity index (χ4n) is 8.38. The summed E-state index contributed by atoms with van der Waals surface area (Å²) in [6, 6.07) is 20.1. The first-order chi connectivity index (χ1) is 42.8. The van der Waals surface area contributed by atoms with Crippen LogP contribution in [0, 0.1) is 5.92 Å². The third kappa shape index (κ3) is 33.9. The molecule has 2 unspecified atom stereocenters. The zero-order valence-corrected chi connectivity index (χ0v) is 53.7. The van der Waals surface area contributed by atoms with Crippen LogP contribution in [0.4, 0.5) is 0 Å². The molecule has 2 atom stereocenters. The van der Waals surface area contributed by atoms with E-state index in [1.165, 1.54) is 21.3 Å². The minimum absolute atomic E-state index is 0.0206. The lowest BCUT2D eigenvalue weighted by Gasteiger charge is -2.34. The van der Waals surface area contributed by atoms with Crippen molar-refractivity contribution >= 4 is 54.9 Å². The molecule has 0 aliphatic heterocycles. The van der Waals surface area contributed by atoms with Gasteiger partial charge in [-0.3, -0.25) is 42.9 Å². The number of amides is 8. The molecule has 0 saturated carbocycles. The van der Waals surface area contributed by atoms with E-state index in [1.807, 2.05) is 6.92 Å². The molecule has 0 fully saturated rings. The van der Waals surface area contributed by atoms with Gasteiger partial charge in [0.1, 0.15) is 22.8 Å². The summed E-state index contributed by atoms with van der Waals surface area (Å²) in [5.41, 5.74) is -0.429. The maximum atomic E-state index is 14.0. The molecular formula is C63H97N8O17P. The molecule has 0 aliphatic rings. The van der Waals surface area contributed by atoms with Crippen LogP contribution >= 0.6 is 7.60 Å². The number of methoxy groups -OCH3 is 3. The number of unbranched alkanes of at least 4 members (excludes halogenated alkanes) is 3. The highest BCUT2D eigenvalue weighted by Crippen LogP contribution is 2.47. The van der Waals surface area contributed by atoms with Crippen molar-refractivity contribution in [3.8, 4) is 17.2 Å². The van der Waals surface area contributed by atoms with E-state index < -0.39 is 18.8 Å². The molecule has 0 bridgehead atoms. The summed E-state index contributed by atoms with van der Waals surface area (Å²) in [6.45, 7) is 6.94. The maximum absolute atomic E-state index is 14.0. The van der Waals surface area contributed by atoms with Crippen molar-refractivity contribution in [2.24, 2.45) is 5.92 Å². The standard InChI is InChI=1S/C63H97N8O17P/c1-47(2)89(80,81)88-40-10-8-7-9-33-64-55(72)28-14-48(3)15-29-59(76)71-63(44-85-41-30-56(73)65-34-11-37-68-60(77)49-16-22-52(82-4)23-17-49,45-86-42-31-57(74)66-35-12-38-69-61(78)50-18-24-53(83-5)25-19-50)46-87-43-32-58(75)67-36-13-39-70-62(79)51-20-26-54(84-6)27-21-51/h16-27,47-48H,7-15,28-46H2,1-6H3,(H,64,72)(H,65,73)(H,66,74)(H,67,75)(H,68,77)(H,69,78)(H,70,79)(H,71,76)(H,80,81). The molecule has 25 nitrogen and oxygen atoms in total. The topological polar surface area (TPSA) is 335 Å². The predicted octanol–water partition coefficient (Wildman–Crippen LogP) is 5.38. The molecule has 0 heterocycles. The minimum Gasteiger partial charge on any atom is -0.497 e. The van der Waals surface area contributed by atoms with Gasteiger partial charge in [0.2, 0.25) is 29.5 Å². The molecule has 0 aromatic heterocycles. The Balaban J connectivity index is 1.60. The second-order valence-electron chi connectivity index (χ2n) is 21.7. The Morgan fingerprint density at radius 1 is 0.416 bits per heavy atom. The Morgan fingerprint density at radius 3 is 1.08 bits per heavy atom. The average Bonchev–Trinajstić information content (AvgIpc) is 3.55. The van der Waals surface area contributed by atoms with Gasteiger partial charge in [-0.2, -0.15) is 0 Å². The van der Waals surface area contributed by atoms with E-state index >= 15 is 0 Å². The molecule has 9 N–H and O–H groups in total. The van der Waals surface area contributed by atoms with E-state index in [0.29, 0.717) is 98.6 Å². The average molecular weight is 1270 g/mol. The van der Waals surface area contributed by atoms with Crippen LogP contribution in [0.25, 0.3) is 0 Å². The summed E-state index contributed by atoms with van der Waals surface area (Å²) in [5.74, 6) is -0.338. The lowest BCUT2D eigenvalue weighted by molar-refractivity contribution is -0.130. The molecule has 26 heteroatoms. The summed E-state index contributed by atoms with van der Waals surface area (Å²) in [7, 11) is 1.02. The molecule has 3 aromatic rings. The molecule has 3 aromatic carbocycles. The number of benzene rings is 3. The van der Waals surface area contributed by atoms with Gasteiger partial charge in [0.15, 0.2) is 0 Å². The van der Waals surface area contributed by atoms with E-state index in [1.54, 1.807) is 86.6 Å². The van der Waals surface area contributed by atoms with Crippen molar-refractivity contribution in [1.82, 2.24) is 42.5 Å². The van der Waals surface area contributed by atoms with E-state index in [0.717, 1.165) is 19.3 Å². The van der Waals surface area contributed by atoms with Crippen molar-refractivity contribution < 1.29 is 80.8 Å². The van der Waals surface area contributed by atoms with Gasteiger partial charge in [0, 0.05) is 94.6 Å². The SMILES string of the molecule is COc1ccc(C(=O)NCCCNC(=O)CCOCC(COCCC(=O)NCCCNC(=O)c2ccc(OC)cc2)(COCCC(=O)NCCCNC(=O)c2ccc(OC)cc2)NC(=O)CCC(C)CCC(=O)NCCCCCCOP(=O)(O)C(C)C)cc1. The smallest absolute Gasteiger partial charge is 0.330 e. The van der Waals surface area contributed by atoms with Crippen molar-refractivity contribution in [2.45, 2.75) is 122 Å². The summed E-state index contributed by atoms with van der Waals surface area (Å²) in [5, 5.41) is 22.9. The molecule has 8 amide bonds. The van der Waals surface area contributed by atoms with E-state index in [2.05, 4.69) is 42.5 Å². The highest BCUT2D eigenvalue weighted by Gasteiger charge is 2.34. The molecule has 0 aliphatic carbocycles. The summed E-state index contributed by atoms with van der Waals surface area (Å²) in [6.07, 6.45) is 5.51. The van der Waals surface area contributed by atoms with Gasteiger partial charge in [-0.15, -0.1) is 0 Å². The Morgan fingerprint density at radius 2 is 0.730 bits per heavy atom. The van der Waals surface area contributed by atoms with Crippen molar-refractivity contribution in [3.63, 3.8) is 0 Å². The monoisotopic (exact) mass is 1270 g/mol. The van der Waals surface area contributed by atoms with Gasteiger partial charge in [-0.05, 0) is 124 Å². The van der Waals surface area contributed by atoms with Crippen LogP contribution in [0.1, 0.15) is 142 Å². The number of carbonyl (C=O) groups excluding carboxylic acids is 8. The quantitative estimate of drug-likeness (QED) is 0.0253. The summed E-state index contributed by atoms with van der Waals surface area (Å²) < 4.78 is 50.9. The van der Waals surface area contributed by atoms with Crippen LogP contribution in [0.3, 0.4) is 0 Å². The maximum Gasteiger partial charge on any atom is 0.330 e. The summed E-state index contributed by atoms with van der Waals surface area (Å²) >= 11 is 0. The zero-order chi connectivity index (χ0) is 65.1. The number of hydrogen-bond acceptors (Lipinski definition) is 16. The molecule has 3 rings (SSSR count). The summed E-state index contributed by atoms with van der Waals surface area (Å²) in [4.78, 5) is 113. The van der Waals surface area contributed by atoms with Crippen LogP contribution < -0.4 is 56.7 Å². The van der Waals surface area contributed by atoms with Crippen molar-refractivity contribution in [1.29, 1.82) is 0 Å². The van der Waals surface area contributed by atoms with Crippen LogP contribution in [-0.2, 0) is 47.3 Å². The first-order valence-electron chi connectivity index (χ1n) is 30.6. The Labute approximate surface area is 524 Å². The van der Waals surface area contributed by atoms with Gasteiger partial charge < -0.3 is 80.4 Å². The van der Waals surface area contributed by atoms with Gasteiger partial charge in [0.25, 0.3) is 17.7 Å². The van der Waals surface area contributed by atoms with Crippen LogP contribution in [0.5, 0.6) is 17.2 Å². The van der Waals surface area contributed by atoms with Gasteiger partial charge in [0.05, 0.1) is 73.2 Å². The molecule has 0 saturated heterocycles. The third-order valence-electron chi connectivity index (χ3n) is 14.0. The first-order valence-corrected chi connectivity index (χ1v) is 32.3. The van der Waals surface area contributed by atoms with Crippen LogP contribution in [-0.4, -0.2) is 177 Å². The van der Waals surface area contributed by atoms with E-state index in [9.17, 15) is 47.8 Å². The number of ether oxygens (including phenoxy) is 6. The zero-order valence-electron chi connectivity index (χ0n) is 52.8. The Hall–Kier alpha value is -7.15. The molecule has 0 radical (unpaired) electrons. The molecular weight excluding hydrogens is 1170 g/mol. The lowest BCUT2D eigenvalue weighted by atomic mass is 9.98. The number of nitrogens with one attached hydrogen (secondary N) is 8.